The molecule has 0 unspecified atom stereocenters. The van der Waals surface area contributed by atoms with Crippen molar-refractivity contribution in [2.45, 2.75) is 43.8 Å². The summed E-state index contributed by atoms with van der Waals surface area (Å²) in [7, 11) is 0. The van der Waals surface area contributed by atoms with Crippen molar-refractivity contribution in [3.05, 3.63) is 35.9 Å². The van der Waals surface area contributed by atoms with E-state index in [1.807, 2.05) is 30.3 Å². The van der Waals surface area contributed by atoms with Gasteiger partial charge in [0.2, 0.25) is 0 Å². The summed E-state index contributed by atoms with van der Waals surface area (Å²) in [5.41, 5.74) is -2.07. The fourth-order valence-electron chi connectivity index (χ4n) is 2.42. The summed E-state index contributed by atoms with van der Waals surface area (Å²) in [6.07, 6.45) is -4.72. The van der Waals surface area contributed by atoms with Gasteiger partial charge in [-0.05, 0) is 12.0 Å². The predicted octanol–water partition coefficient (Wildman–Crippen LogP) is 3.56. The number of rotatable bonds is 6. The summed E-state index contributed by atoms with van der Waals surface area (Å²) in [5.74, 6) is -0.533. The molecular weight excluding hydrogens is 341 g/mol. The highest BCUT2D eigenvalue weighted by Gasteiger charge is 2.62. The fraction of sp³-hybridized carbons (Fsp3) is 0.500. The molecule has 4 nitrogen and oxygen atoms in total. The molecule has 0 aliphatic carbocycles. The molecule has 1 heterocycles. The van der Waals surface area contributed by atoms with Gasteiger partial charge in [-0.3, -0.25) is 4.79 Å². The molecule has 8 heteroatoms. The smallest absolute Gasteiger partial charge is 0.362 e. The maximum absolute atomic E-state index is 13.2. The van der Waals surface area contributed by atoms with E-state index in [-0.39, 0.29) is 16.5 Å². The zero-order valence-electron chi connectivity index (χ0n) is 13.2. The van der Waals surface area contributed by atoms with Gasteiger partial charge in [-0.15, -0.1) is 11.8 Å². The third-order valence-electron chi connectivity index (χ3n) is 3.61. The maximum atomic E-state index is 13.2. The van der Waals surface area contributed by atoms with Crippen molar-refractivity contribution < 1.29 is 23.1 Å². The minimum absolute atomic E-state index is 0.184. The number of carbonyl (C=O) groups excluding carboxylic acids is 1. The molecule has 0 fully saturated rings. The van der Waals surface area contributed by atoms with E-state index in [0.717, 1.165) is 5.56 Å². The van der Waals surface area contributed by atoms with E-state index in [4.69, 9.17) is 0 Å². The van der Waals surface area contributed by atoms with Crippen LogP contribution in [0.4, 0.5) is 13.2 Å². The van der Waals surface area contributed by atoms with Crippen molar-refractivity contribution in [2.24, 2.45) is 5.10 Å². The third-order valence-corrected chi connectivity index (χ3v) is 4.60. The molecule has 2 rings (SSSR count). The number of amides is 1. The molecule has 1 N–H and O–H groups in total. The Balaban J connectivity index is 2.04. The molecule has 0 bridgehead atoms. The summed E-state index contributed by atoms with van der Waals surface area (Å²) in [4.78, 5) is 12.2. The molecule has 132 valence electrons. The summed E-state index contributed by atoms with van der Waals surface area (Å²) in [6.45, 7) is 1.80. The second-order valence-electron chi connectivity index (χ2n) is 5.59. The van der Waals surface area contributed by atoms with E-state index in [2.05, 4.69) is 5.10 Å². The van der Waals surface area contributed by atoms with Crippen LogP contribution in [0.15, 0.2) is 35.4 Å². The Morgan fingerprint density at radius 1 is 1.38 bits per heavy atom. The van der Waals surface area contributed by atoms with Gasteiger partial charge in [0.25, 0.3) is 11.6 Å². The van der Waals surface area contributed by atoms with E-state index in [1.54, 1.807) is 6.92 Å². The van der Waals surface area contributed by atoms with Crippen LogP contribution in [0.1, 0.15) is 31.7 Å². The van der Waals surface area contributed by atoms with Crippen molar-refractivity contribution in [2.75, 3.05) is 5.75 Å². The highest BCUT2D eigenvalue weighted by Crippen LogP contribution is 2.41. The lowest BCUT2D eigenvalue weighted by atomic mass is 10.0. The van der Waals surface area contributed by atoms with Crippen molar-refractivity contribution in [1.29, 1.82) is 0 Å². The van der Waals surface area contributed by atoms with Crippen LogP contribution in [0.3, 0.4) is 0 Å². The van der Waals surface area contributed by atoms with E-state index in [9.17, 15) is 23.1 Å². The maximum Gasteiger partial charge on any atom is 0.438 e. The first-order valence-corrected chi connectivity index (χ1v) is 8.73. The number of thioether (sulfide) groups is 1. The lowest BCUT2D eigenvalue weighted by Crippen LogP contribution is -2.57. The van der Waals surface area contributed by atoms with Gasteiger partial charge >= 0.3 is 6.18 Å². The Bertz CT molecular complexity index is 607. The number of halogens is 3. The molecule has 1 atom stereocenters. The molecule has 1 amide bonds. The molecule has 0 radical (unpaired) electrons. The number of hydrogen-bond donors (Lipinski definition) is 1. The molecule has 0 saturated heterocycles. The van der Waals surface area contributed by atoms with Crippen LogP contribution in [0.25, 0.3) is 0 Å². The summed E-state index contributed by atoms with van der Waals surface area (Å²) < 4.78 is 39.7. The Morgan fingerprint density at radius 3 is 2.62 bits per heavy atom. The minimum Gasteiger partial charge on any atom is -0.362 e. The van der Waals surface area contributed by atoms with Crippen LogP contribution in [0.5, 0.6) is 0 Å². The predicted molar refractivity (Wildman–Crippen MR) is 87.4 cm³/mol. The van der Waals surface area contributed by atoms with Gasteiger partial charge in [0.15, 0.2) is 0 Å². The van der Waals surface area contributed by atoms with Gasteiger partial charge in [-0.2, -0.15) is 23.3 Å². The summed E-state index contributed by atoms with van der Waals surface area (Å²) in [5, 5.41) is 14.0. The summed E-state index contributed by atoms with van der Waals surface area (Å²) >= 11 is 1.19. The molecular formula is C16H19F3N2O2S. The molecule has 0 saturated carbocycles. The highest BCUT2D eigenvalue weighted by molar-refractivity contribution is 7.99. The highest BCUT2D eigenvalue weighted by atomic mass is 32.2. The lowest BCUT2D eigenvalue weighted by molar-refractivity contribution is -0.301. The van der Waals surface area contributed by atoms with Crippen LogP contribution in [-0.4, -0.2) is 39.4 Å². The average molecular weight is 360 g/mol. The quantitative estimate of drug-likeness (QED) is 0.844. The van der Waals surface area contributed by atoms with Crippen molar-refractivity contribution >= 4 is 23.4 Å². The Labute approximate surface area is 142 Å². The Kier molecular flexibility index (Phi) is 5.92. The molecule has 1 aliphatic rings. The van der Waals surface area contributed by atoms with Gasteiger partial charge in [0.1, 0.15) is 0 Å². The number of hydrazone groups is 1. The largest absolute Gasteiger partial charge is 0.438 e. The van der Waals surface area contributed by atoms with Crippen molar-refractivity contribution in [1.82, 2.24) is 5.01 Å². The summed E-state index contributed by atoms with van der Waals surface area (Å²) in [6, 6.07) is 9.30. The topological polar surface area (TPSA) is 52.9 Å². The third kappa shape index (κ3) is 4.10. The van der Waals surface area contributed by atoms with Gasteiger partial charge in [0.05, 0.1) is 5.75 Å². The first-order valence-electron chi connectivity index (χ1n) is 7.58. The van der Waals surface area contributed by atoms with Crippen molar-refractivity contribution in [3.8, 4) is 0 Å². The fourth-order valence-corrected chi connectivity index (χ4v) is 3.25. The van der Waals surface area contributed by atoms with Gasteiger partial charge in [0, 0.05) is 17.9 Å². The van der Waals surface area contributed by atoms with Crippen LogP contribution in [-0.2, 0) is 10.5 Å². The van der Waals surface area contributed by atoms with Gasteiger partial charge in [-0.25, -0.2) is 0 Å². The first kappa shape index (κ1) is 18.8. The van der Waals surface area contributed by atoms with Gasteiger partial charge in [-0.1, -0.05) is 43.7 Å². The molecule has 1 aromatic carbocycles. The first-order chi connectivity index (χ1) is 11.3. The average Bonchev–Trinajstić information content (AvgIpc) is 2.86. The Hall–Kier alpha value is -1.54. The van der Waals surface area contributed by atoms with Crippen LogP contribution in [0.2, 0.25) is 0 Å². The Morgan fingerprint density at radius 2 is 2.04 bits per heavy atom. The molecule has 1 aromatic rings. The van der Waals surface area contributed by atoms with Crippen LogP contribution in [0, 0.1) is 0 Å². The number of aliphatic hydroxyl groups is 1. The van der Waals surface area contributed by atoms with Crippen LogP contribution >= 0.6 is 11.8 Å². The second kappa shape index (κ2) is 7.57. The number of nitrogens with zero attached hydrogens (tertiary/aromatic N) is 2. The SMILES string of the molecule is CCCC1=NN(C(=O)CSCc2ccccc2)[C@](O)(C(F)(F)F)C1. The van der Waals surface area contributed by atoms with Crippen molar-refractivity contribution in [3.63, 3.8) is 0 Å². The monoisotopic (exact) mass is 360 g/mol. The molecule has 24 heavy (non-hydrogen) atoms. The second-order valence-corrected chi connectivity index (χ2v) is 6.58. The molecule has 0 aromatic heterocycles. The zero-order chi connectivity index (χ0) is 17.8. The van der Waals surface area contributed by atoms with E-state index in [0.29, 0.717) is 18.6 Å². The van der Waals surface area contributed by atoms with E-state index >= 15 is 0 Å². The molecule has 0 spiro atoms. The molecule has 1 aliphatic heterocycles. The number of benzene rings is 1. The van der Waals surface area contributed by atoms with Gasteiger partial charge < -0.3 is 5.11 Å². The van der Waals surface area contributed by atoms with E-state index in [1.165, 1.54) is 11.8 Å². The standard InChI is InChI=1S/C16H19F3N2O2S/c1-2-6-13-9-15(23,16(17,18)19)21(20-13)14(22)11-24-10-12-7-4-3-5-8-12/h3-5,7-8,23H,2,6,9-11H2,1H3/t15-/m1/s1. The number of alkyl halides is 3. The number of carbonyl (C=O) groups is 1. The van der Waals surface area contributed by atoms with E-state index < -0.39 is 24.2 Å². The zero-order valence-corrected chi connectivity index (χ0v) is 14.0. The number of hydrogen-bond acceptors (Lipinski definition) is 4. The lowest BCUT2D eigenvalue weighted by Gasteiger charge is -2.32. The minimum atomic E-state index is -4.95. The normalized spacial score (nSPS) is 21.0. The van der Waals surface area contributed by atoms with Crippen LogP contribution < -0.4 is 0 Å².